The quantitative estimate of drug-likeness (QED) is 0.449. The normalized spacial score (nSPS) is 20.9. The number of benzene rings is 2. The second-order valence-corrected chi connectivity index (χ2v) is 6.51. The summed E-state index contributed by atoms with van der Waals surface area (Å²) in [6, 6.07) is 17.8. The predicted octanol–water partition coefficient (Wildman–Crippen LogP) is 3.46. The molecule has 2 aromatic carbocycles. The summed E-state index contributed by atoms with van der Waals surface area (Å²) in [7, 11) is 2.53. The molecular weight excluding hydrogens is 358 g/mol. The molecule has 0 aromatic heterocycles. The summed E-state index contributed by atoms with van der Waals surface area (Å²) in [5.74, 6) is -1.35. The molecule has 0 bridgehead atoms. The Kier molecular flexibility index (Phi) is 5.80. The highest BCUT2D eigenvalue weighted by Gasteiger charge is 2.61. The van der Waals surface area contributed by atoms with E-state index in [0.717, 1.165) is 5.56 Å². The molecule has 1 fully saturated rings. The predicted molar refractivity (Wildman–Crippen MR) is 104 cm³/mol. The molecule has 1 aliphatic heterocycles. The lowest BCUT2D eigenvalue weighted by Crippen LogP contribution is -2.58. The Morgan fingerprint density at radius 1 is 1.04 bits per heavy atom. The second kappa shape index (κ2) is 8.27. The first-order valence-corrected chi connectivity index (χ1v) is 8.94. The Labute approximate surface area is 164 Å². The van der Waals surface area contributed by atoms with Gasteiger partial charge < -0.3 is 9.47 Å². The fraction of sp³-hybridized carbons (Fsp3) is 0.273. The summed E-state index contributed by atoms with van der Waals surface area (Å²) in [4.78, 5) is 32.3. The van der Waals surface area contributed by atoms with Crippen molar-refractivity contribution in [3.05, 3.63) is 78.9 Å². The topological polar surface area (TPSA) is 65.1 Å². The number of hydrogen-bond acceptors (Lipinski definition) is 6. The number of methoxy groups -OCH3 is 2. The van der Waals surface area contributed by atoms with Gasteiger partial charge in [0.05, 0.1) is 19.9 Å². The zero-order chi connectivity index (χ0) is 20.1. The first-order chi connectivity index (χ1) is 13.6. The van der Waals surface area contributed by atoms with Gasteiger partial charge in [0.2, 0.25) is 0 Å². The van der Waals surface area contributed by atoms with Crippen LogP contribution in [-0.2, 0) is 23.9 Å². The third kappa shape index (κ3) is 3.27. The lowest BCUT2D eigenvalue weighted by Gasteiger charge is -2.48. The number of hydroxylamine groups is 1. The maximum absolute atomic E-state index is 13.1. The summed E-state index contributed by atoms with van der Waals surface area (Å²) >= 11 is 0. The van der Waals surface area contributed by atoms with Crippen LogP contribution < -0.4 is 5.06 Å². The molecule has 0 spiro atoms. The molecule has 2 atom stereocenters. The maximum Gasteiger partial charge on any atom is 0.325 e. The van der Waals surface area contributed by atoms with E-state index in [0.29, 0.717) is 5.69 Å². The number of esters is 2. The molecule has 0 aliphatic carbocycles. The highest BCUT2D eigenvalue weighted by Crippen LogP contribution is 2.50. The van der Waals surface area contributed by atoms with Gasteiger partial charge in [-0.25, -0.2) is 5.06 Å². The number of carbonyl (C=O) groups is 2. The molecule has 1 heterocycles. The first-order valence-electron chi connectivity index (χ1n) is 8.94. The summed E-state index contributed by atoms with van der Waals surface area (Å²) in [5.41, 5.74) is -0.206. The van der Waals surface area contributed by atoms with Crippen LogP contribution in [0.15, 0.2) is 73.3 Å². The van der Waals surface area contributed by atoms with E-state index in [-0.39, 0.29) is 6.42 Å². The fourth-order valence-corrected chi connectivity index (χ4v) is 3.68. The Hall–Kier alpha value is -3.12. The smallest absolute Gasteiger partial charge is 0.325 e. The zero-order valence-corrected chi connectivity index (χ0v) is 15.9. The molecule has 1 aliphatic rings. The third-order valence-electron chi connectivity index (χ3n) is 4.96. The molecule has 3 rings (SSSR count). The van der Waals surface area contributed by atoms with E-state index in [2.05, 4.69) is 6.58 Å². The van der Waals surface area contributed by atoms with Gasteiger partial charge in [-0.1, -0.05) is 54.6 Å². The molecule has 6 heteroatoms. The van der Waals surface area contributed by atoms with Crippen LogP contribution in [0, 0.1) is 5.41 Å². The van der Waals surface area contributed by atoms with Crippen molar-refractivity contribution in [1.29, 1.82) is 0 Å². The SMILES string of the molecule is C=C[C@H]1CC(C(=O)OC)(C(=O)OC)C(c2ccccc2)N(c2ccccc2)O1. The summed E-state index contributed by atoms with van der Waals surface area (Å²) in [5, 5.41) is 1.58. The average Bonchev–Trinajstić information content (AvgIpc) is 2.77. The second-order valence-electron chi connectivity index (χ2n) is 6.51. The Morgan fingerprint density at radius 3 is 2.07 bits per heavy atom. The van der Waals surface area contributed by atoms with Crippen LogP contribution in [-0.4, -0.2) is 32.3 Å². The third-order valence-corrected chi connectivity index (χ3v) is 4.96. The van der Waals surface area contributed by atoms with E-state index in [9.17, 15) is 9.59 Å². The zero-order valence-electron chi connectivity index (χ0n) is 15.9. The van der Waals surface area contributed by atoms with Crippen LogP contribution >= 0.6 is 0 Å². The molecule has 28 heavy (non-hydrogen) atoms. The van der Waals surface area contributed by atoms with Crippen molar-refractivity contribution in [2.75, 3.05) is 19.3 Å². The van der Waals surface area contributed by atoms with Crippen molar-refractivity contribution >= 4 is 17.6 Å². The van der Waals surface area contributed by atoms with Gasteiger partial charge in [-0.3, -0.25) is 14.4 Å². The van der Waals surface area contributed by atoms with Crippen molar-refractivity contribution in [3.8, 4) is 0 Å². The van der Waals surface area contributed by atoms with Crippen LogP contribution in [0.2, 0.25) is 0 Å². The molecule has 0 saturated carbocycles. The van der Waals surface area contributed by atoms with Gasteiger partial charge in [0, 0.05) is 6.42 Å². The van der Waals surface area contributed by atoms with Crippen LogP contribution in [0.5, 0.6) is 0 Å². The van der Waals surface area contributed by atoms with Gasteiger partial charge in [0.15, 0.2) is 5.41 Å². The summed E-state index contributed by atoms with van der Waals surface area (Å²) in [6.07, 6.45) is 1.04. The Bertz CT molecular complexity index is 821. The van der Waals surface area contributed by atoms with E-state index in [1.807, 2.05) is 60.7 Å². The Balaban J connectivity index is 2.28. The number of hydrogen-bond donors (Lipinski definition) is 0. The molecule has 1 saturated heterocycles. The molecule has 6 nitrogen and oxygen atoms in total. The van der Waals surface area contributed by atoms with Gasteiger partial charge in [-0.15, -0.1) is 6.58 Å². The lowest BCUT2D eigenvalue weighted by molar-refractivity contribution is -0.183. The summed E-state index contributed by atoms with van der Waals surface area (Å²) < 4.78 is 10.2. The molecular formula is C22H23NO5. The minimum atomic E-state index is -1.63. The first kappa shape index (κ1) is 19.6. The van der Waals surface area contributed by atoms with Crippen molar-refractivity contribution in [2.45, 2.75) is 18.6 Å². The molecule has 2 aromatic rings. The van der Waals surface area contributed by atoms with Crippen LogP contribution in [0.4, 0.5) is 5.69 Å². The molecule has 146 valence electrons. The van der Waals surface area contributed by atoms with Crippen LogP contribution in [0.25, 0.3) is 0 Å². The largest absolute Gasteiger partial charge is 0.468 e. The number of carbonyl (C=O) groups excluding carboxylic acids is 2. The highest BCUT2D eigenvalue weighted by atomic mass is 16.7. The number of para-hydroxylation sites is 1. The van der Waals surface area contributed by atoms with E-state index in [1.54, 1.807) is 11.1 Å². The number of rotatable bonds is 5. The van der Waals surface area contributed by atoms with Crippen molar-refractivity contribution < 1.29 is 23.9 Å². The van der Waals surface area contributed by atoms with E-state index >= 15 is 0 Å². The van der Waals surface area contributed by atoms with Gasteiger partial charge in [0.1, 0.15) is 12.1 Å². The Morgan fingerprint density at radius 2 is 1.57 bits per heavy atom. The summed E-state index contributed by atoms with van der Waals surface area (Å²) in [6.45, 7) is 3.79. The number of anilines is 1. The van der Waals surface area contributed by atoms with E-state index in [4.69, 9.17) is 14.3 Å². The van der Waals surface area contributed by atoms with Crippen molar-refractivity contribution in [1.82, 2.24) is 0 Å². The van der Waals surface area contributed by atoms with Gasteiger partial charge in [0.25, 0.3) is 0 Å². The minimum Gasteiger partial charge on any atom is -0.468 e. The van der Waals surface area contributed by atoms with Gasteiger partial charge in [-0.2, -0.15) is 0 Å². The fourth-order valence-electron chi connectivity index (χ4n) is 3.68. The monoisotopic (exact) mass is 381 g/mol. The van der Waals surface area contributed by atoms with E-state index < -0.39 is 29.5 Å². The molecule has 1 unspecified atom stereocenters. The van der Waals surface area contributed by atoms with Crippen LogP contribution in [0.1, 0.15) is 18.0 Å². The van der Waals surface area contributed by atoms with E-state index in [1.165, 1.54) is 14.2 Å². The average molecular weight is 381 g/mol. The number of ether oxygens (including phenoxy) is 2. The molecule has 0 N–H and O–H groups in total. The van der Waals surface area contributed by atoms with Crippen molar-refractivity contribution in [3.63, 3.8) is 0 Å². The van der Waals surface area contributed by atoms with Crippen molar-refractivity contribution in [2.24, 2.45) is 5.41 Å². The minimum absolute atomic E-state index is 0.0543. The van der Waals surface area contributed by atoms with Gasteiger partial charge in [-0.05, 0) is 17.7 Å². The molecule has 0 amide bonds. The highest BCUT2D eigenvalue weighted by molar-refractivity contribution is 6.02. The standard InChI is InChI=1S/C22H23NO5/c1-4-18-15-22(20(24)26-2,21(25)27-3)19(16-11-7-5-8-12-16)23(28-18)17-13-9-6-10-14-17/h4-14,18-19H,1,15H2,2-3H3/t18-,19?/m0/s1. The van der Waals surface area contributed by atoms with Crippen LogP contribution in [0.3, 0.4) is 0 Å². The molecule has 0 radical (unpaired) electrons. The maximum atomic E-state index is 13.1. The number of nitrogens with zero attached hydrogens (tertiary/aromatic N) is 1. The van der Waals surface area contributed by atoms with Gasteiger partial charge >= 0.3 is 11.9 Å². The lowest BCUT2D eigenvalue weighted by atomic mass is 9.71.